The first-order chi connectivity index (χ1) is 23.4. The molecule has 0 radical (unpaired) electrons. The number of thiophene rings is 2. The van der Waals surface area contributed by atoms with Crippen molar-refractivity contribution in [2.24, 2.45) is 5.41 Å². The summed E-state index contributed by atoms with van der Waals surface area (Å²) in [4.78, 5) is 15.3. The molecule has 1 N–H and O–H groups in total. The van der Waals surface area contributed by atoms with Gasteiger partial charge in [-0.25, -0.2) is 21.5 Å². The molecule has 11 nitrogen and oxygen atoms in total. The van der Waals surface area contributed by atoms with Crippen LogP contribution in [0.15, 0.2) is 36.4 Å². The summed E-state index contributed by atoms with van der Waals surface area (Å²) in [6.07, 6.45) is 8.84. The molecule has 50 heavy (non-hydrogen) atoms. The van der Waals surface area contributed by atoms with Crippen LogP contribution in [-0.4, -0.2) is 76.9 Å². The quantitative estimate of drug-likeness (QED) is 0.179. The van der Waals surface area contributed by atoms with Crippen LogP contribution in [0.3, 0.4) is 0 Å². The predicted octanol–water partition coefficient (Wildman–Crippen LogP) is 7.17. The second-order valence-electron chi connectivity index (χ2n) is 13.8. The summed E-state index contributed by atoms with van der Waals surface area (Å²) in [6, 6.07) is 11.2. The van der Waals surface area contributed by atoms with Crippen molar-refractivity contribution in [1.29, 1.82) is 0 Å². The number of rotatable bonds is 10. The van der Waals surface area contributed by atoms with Gasteiger partial charge in [-0.3, -0.25) is 9.89 Å². The van der Waals surface area contributed by atoms with Gasteiger partial charge >= 0.3 is 0 Å². The van der Waals surface area contributed by atoms with Crippen molar-refractivity contribution in [3.63, 3.8) is 0 Å². The SMILES string of the molecule is CC(C)(C)C(=O)n1nc(C2CCCN2S(C)(=O)=O)cc1CCc1ccc(Cl)s1.CS(=O)(=O)N1CCCC1c1cc(CCc2ccc(Cl)s2)[nH]n1. The van der Waals surface area contributed by atoms with Crippen LogP contribution in [-0.2, 0) is 45.7 Å². The molecule has 6 rings (SSSR count). The van der Waals surface area contributed by atoms with Crippen molar-refractivity contribution < 1.29 is 21.6 Å². The molecule has 0 aromatic carbocycles. The van der Waals surface area contributed by atoms with Gasteiger partial charge in [0.2, 0.25) is 20.0 Å². The summed E-state index contributed by atoms with van der Waals surface area (Å²) in [5.41, 5.74) is 2.72. The number of nitrogens with one attached hydrogen (secondary N) is 1. The van der Waals surface area contributed by atoms with Gasteiger partial charge in [0.25, 0.3) is 5.91 Å². The van der Waals surface area contributed by atoms with Gasteiger partial charge in [0.05, 0.1) is 44.7 Å². The minimum atomic E-state index is -3.32. The number of sulfonamides is 2. The molecule has 17 heteroatoms. The molecule has 274 valence electrons. The lowest BCUT2D eigenvalue weighted by molar-refractivity contribution is 0.0743. The number of hydrogen-bond donors (Lipinski definition) is 1. The molecular formula is C33H44Cl2N6O5S4. The van der Waals surface area contributed by atoms with Gasteiger partial charge < -0.3 is 0 Å². The van der Waals surface area contributed by atoms with E-state index >= 15 is 0 Å². The molecule has 2 unspecified atom stereocenters. The zero-order valence-electron chi connectivity index (χ0n) is 28.9. The van der Waals surface area contributed by atoms with Crippen LogP contribution >= 0.6 is 45.9 Å². The fourth-order valence-electron chi connectivity index (χ4n) is 6.30. The average molecular weight is 804 g/mol. The van der Waals surface area contributed by atoms with Gasteiger partial charge in [-0.1, -0.05) is 44.0 Å². The van der Waals surface area contributed by atoms with Crippen LogP contribution in [0.25, 0.3) is 0 Å². The van der Waals surface area contributed by atoms with Gasteiger partial charge in [0.1, 0.15) is 0 Å². The minimum Gasteiger partial charge on any atom is -0.282 e. The number of nitrogens with zero attached hydrogens (tertiary/aromatic N) is 5. The highest BCUT2D eigenvalue weighted by Gasteiger charge is 2.36. The number of carbonyl (C=O) groups is 1. The second-order valence-corrected chi connectivity index (χ2v) is 21.3. The van der Waals surface area contributed by atoms with Crippen LogP contribution in [0.2, 0.25) is 8.67 Å². The lowest BCUT2D eigenvalue weighted by atomic mass is 9.95. The molecule has 4 aromatic rings. The van der Waals surface area contributed by atoms with Gasteiger partial charge in [-0.05, 0) is 87.8 Å². The molecule has 4 aromatic heterocycles. The Bertz CT molecular complexity index is 2010. The van der Waals surface area contributed by atoms with Crippen molar-refractivity contribution in [3.8, 4) is 0 Å². The third-order valence-electron chi connectivity index (χ3n) is 8.75. The third-order valence-corrected chi connectivity index (χ3v) is 13.9. The summed E-state index contributed by atoms with van der Waals surface area (Å²) in [6.45, 7) is 6.65. The second kappa shape index (κ2) is 15.9. The smallest absolute Gasteiger partial charge is 0.252 e. The van der Waals surface area contributed by atoms with Gasteiger partial charge in [0, 0.05) is 39.6 Å². The lowest BCUT2D eigenvalue weighted by Gasteiger charge is -2.20. The molecule has 0 aliphatic carbocycles. The molecule has 2 aliphatic heterocycles. The van der Waals surface area contributed by atoms with E-state index < -0.39 is 25.5 Å². The monoisotopic (exact) mass is 802 g/mol. The van der Waals surface area contributed by atoms with Crippen LogP contribution < -0.4 is 0 Å². The normalized spacial score (nSPS) is 19.2. The number of aromatic nitrogens is 4. The molecule has 0 amide bonds. The average Bonchev–Trinajstić information content (AvgIpc) is 3.86. The number of aromatic amines is 1. The standard InChI is InChI=1S/C19H26ClN3O3S2.C14H18ClN3O2S2/c1-19(2,3)18(24)23-13(7-8-14-9-10-17(20)27-14)12-15(21-23)16-6-5-11-22(16)28(4,25)26;1-22(19,20)18-8-2-3-13(18)12-9-10(16-17-12)4-5-11-6-7-14(15)21-11/h9-10,12,16H,5-8,11H2,1-4H3;6-7,9,13H,2-5,8H2,1H3,(H,16,17). The van der Waals surface area contributed by atoms with E-state index in [9.17, 15) is 21.6 Å². The van der Waals surface area contributed by atoms with E-state index in [1.54, 1.807) is 15.6 Å². The van der Waals surface area contributed by atoms with E-state index in [2.05, 4.69) is 15.3 Å². The third kappa shape index (κ3) is 9.85. The van der Waals surface area contributed by atoms with Crippen molar-refractivity contribution in [1.82, 2.24) is 28.6 Å². The summed E-state index contributed by atoms with van der Waals surface area (Å²) in [7, 11) is -6.50. The zero-order valence-corrected chi connectivity index (χ0v) is 33.6. The van der Waals surface area contributed by atoms with Crippen molar-refractivity contribution in [3.05, 3.63) is 77.6 Å². The highest BCUT2D eigenvalue weighted by atomic mass is 35.5. The highest BCUT2D eigenvalue weighted by molar-refractivity contribution is 7.88. The summed E-state index contributed by atoms with van der Waals surface area (Å²) < 4.78 is 53.9. The van der Waals surface area contributed by atoms with E-state index in [4.69, 9.17) is 23.2 Å². The van der Waals surface area contributed by atoms with Crippen LogP contribution in [0.4, 0.5) is 0 Å². The number of carbonyl (C=O) groups excluding carboxylic acids is 1. The number of H-pyrrole nitrogens is 1. The maximum Gasteiger partial charge on any atom is 0.252 e. The van der Waals surface area contributed by atoms with E-state index in [0.717, 1.165) is 69.2 Å². The summed E-state index contributed by atoms with van der Waals surface area (Å²) >= 11 is 15.1. The fraction of sp³-hybridized carbons (Fsp3) is 0.545. The Morgan fingerprint density at radius 3 is 1.82 bits per heavy atom. The van der Waals surface area contributed by atoms with Crippen molar-refractivity contribution in [2.45, 2.75) is 84.2 Å². The van der Waals surface area contributed by atoms with E-state index in [0.29, 0.717) is 31.6 Å². The van der Waals surface area contributed by atoms with Crippen LogP contribution in [0, 0.1) is 5.41 Å². The Kier molecular flexibility index (Phi) is 12.4. The van der Waals surface area contributed by atoms with E-state index in [1.165, 1.54) is 37.7 Å². The molecule has 2 saturated heterocycles. The number of aryl methyl sites for hydroxylation is 4. The first kappa shape index (κ1) is 39.1. The van der Waals surface area contributed by atoms with Gasteiger partial charge in [-0.15, -0.1) is 22.7 Å². The largest absolute Gasteiger partial charge is 0.282 e. The fourth-order valence-corrected chi connectivity index (χ4v) is 10.7. The molecule has 0 saturated carbocycles. The molecule has 2 atom stereocenters. The van der Waals surface area contributed by atoms with E-state index in [-0.39, 0.29) is 18.0 Å². The Labute approximate surface area is 313 Å². The molecule has 2 fully saturated rings. The summed E-state index contributed by atoms with van der Waals surface area (Å²) in [5, 5.41) is 11.9. The Hall–Kier alpha value is -2.11. The molecular weight excluding hydrogens is 760 g/mol. The minimum absolute atomic E-state index is 0.0955. The van der Waals surface area contributed by atoms with Crippen molar-refractivity contribution >= 4 is 71.8 Å². The first-order valence-electron chi connectivity index (χ1n) is 16.5. The Morgan fingerprint density at radius 1 is 0.820 bits per heavy atom. The summed E-state index contributed by atoms with van der Waals surface area (Å²) in [5.74, 6) is -0.0955. The zero-order chi connectivity index (χ0) is 36.4. The van der Waals surface area contributed by atoms with Gasteiger partial charge in [0.15, 0.2) is 0 Å². The number of hydrogen-bond acceptors (Lipinski definition) is 9. The van der Waals surface area contributed by atoms with Crippen LogP contribution in [0.1, 0.15) is 95.9 Å². The maximum atomic E-state index is 13.0. The molecule has 6 heterocycles. The molecule has 0 bridgehead atoms. The highest BCUT2D eigenvalue weighted by Crippen LogP contribution is 2.35. The Balaban J connectivity index is 0.000000200. The first-order valence-corrected chi connectivity index (χ1v) is 22.6. The van der Waals surface area contributed by atoms with Crippen LogP contribution in [0.5, 0.6) is 0 Å². The Morgan fingerprint density at radius 2 is 1.34 bits per heavy atom. The predicted molar refractivity (Wildman–Crippen MR) is 201 cm³/mol. The van der Waals surface area contributed by atoms with Gasteiger partial charge in [-0.2, -0.15) is 18.8 Å². The topological polar surface area (TPSA) is 138 Å². The maximum absolute atomic E-state index is 13.0. The molecule has 2 aliphatic rings. The van der Waals surface area contributed by atoms with E-state index in [1.807, 2.05) is 57.2 Å². The number of halogens is 2. The lowest BCUT2D eigenvalue weighted by Crippen LogP contribution is -2.31. The van der Waals surface area contributed by atoms with Crippen molar-refractivity contribution in [2.75, 3.05) is 25.6 Å². The molecule has 0 spiro atoms.